The normalized spacial score (nSPS) is 15.7. The lowest BCUT2D eigenvalue weighted by molar-refractivity contribution is 0.104. The van der Waals surface area contributed by atoms with Crippen LogP contribution in [0.1, 0.15) is 40.5 Å². The van der Waals surface area contributed by atoms with Crippen molar-refractivity contribution >= 4 is 8.56 Å². The van der Waals surface area contributed by atoms with E-state index in [-0.39, 0.29) is 12.2 Å². The first kappa shape index (κ1) is 14.6. The van der Waals surface area contributed by atoms with Crippen molar-refractivity contribution in [3.8, 4) is 0 Å². The lowest BCUT2D eigenvalue weighted by Crippen LogP contribution is -2.43. The summed E-state index contributed by atoms with van der Waals surface area (Å²) >= 11 is 0. The van der Waals surface area contributed by atoms with E-state index < -0.39 is 8.56 Å². The first-order valence-electron chi connectivity index (χ1n) is 5.66. The first-order chi connectivity index (χ1) is 7.03. The largest absolute Gasteiger partial charge is 0.391 e. The van der Waals surface area contributed by atoms with Gasteiger partial charge in [0.1, 0.15) is 0 Å². The second-order valence-electron chi connectivity index (χ2n) is 3.80. The lowest BCUT2D eigenvalue weighted by Gasteiger charge is -2.30. The zero-order chi connectivity index (χ0) is 11.9. The van der Waals surface area contributed by atoms with Crippen molar-refractivity contribution in [3.05, 3.63) is 24.6 Å². The minimum Gasteiger partial charge on any atom is -0.386 e. The fraction of sp³-hybridized carbons (Fsp3) is 0.667. The van der Waals surface area contributed by atoms with E-state index in [4.69, 9.17) is 8.85 Å². The summed E-state index contributed by atoms with van der Waals surface area (Å²) in [7, 11) is -2.38. The molecule has 0 saturated heterocycles. The molecule has 0 rings (SSSR count). The van der Waals surface area contributed by atoms with Crippen LogP contribution in [0.3, 0.4) is 0 Å². The van der Waals surface area contributed by atoms with Crippen LogP contribution in [0.5, 0.6) is 0 Å². The Morgan fingerprint density at radius 1 is 1.00 bits per heavy atom. The molecule has 0 aliphatic rings. The van der Waals surface area contributed by atoms with E-state index in [1.807, 2.05) is 0 Å². The van der Waals surface area contributed by atoms with E-state index in [1.165, 1.54) is 0 Å². The molecule has 0 bridgehead atoms. The van der Waals surface area contributed by atoms with Gasteiger partial charge in [0.15, 0.2) is 0 Å². The molecule has 0 aliphatic carbocycles. The Labute approximate surface area is 95.2 Å². The van der Waals surface area contributed by atoms with E-state index in [2.05, 4.69) is 40.9 Å². The molecule has 0 spiro atoms. The molecule has 0 N–H and O–H groups in total. The smallest absolute Gasteiger partial charge is 0.386 e. The standard InChI is InChI=1S/C12H24O2Si/c1-7-11(5)13-15(9-3,10-4)14-12(6)8-2/h9-12H,3-4,7-8H2,1-2,5-6H3. The molecular formula is C12H24O2Si. The summed E-state index contributed by atoms with van der Waals surface area (Å²) in [5.74, 6) is 0. The molecule has 0 heterocycles. The highest BCUT2D eigenvalue weighted by atomic mass is 28.4. The third-order valence-electron chi connectivity index (χ3n) is 2.49. The predicted octanol–water partition coefficient (Wildman–Crippen LogP) is 3.51. The summed E-state index contributed by atoms with van der Waals surface area (Å²) in [6, 6.07) is 0. The minimum absolute atomic E-state index is 0.191. The van der Waals surface area contributed by atoms with Gasteiger partial charge < -0.3 is 8.85 Å². The Morgan fingerprint density at radius 3 is 1.53 bits per heavy atom. The molecule has 0 aromatic rings. The molecule has 15 heavy (non-hydrogen) atoms. The van der Waals surface area contributed by atoms with Gasteiger partial charge >= 0.3 is 8.56 Å². The van der Waals surface area contributed by atoms with Crippen molar-refractivity contribution in [2.24, 2.45) is 0 Å². The van der Waals surface area contributed by atoms with Gasteiger partial charge in [0, 0.05) is 12.2 Å². The van der Waals surface area contributed by atoms with Gasteiger partial charge in [-0.15, -0.1) is 13.2 Å². The molecule has 3 heteroatoms. The molecule has 0 saturated carbocycles. The van der Waals surface area contributed by atoms with Crippen LogP contribution in [-0.2, 0) is 8.85 Å². The monoisotopic (exact) mass is 228 g/mol. The van der Waals surface area contributed by atoms with Gasteiger partial charge in [-0.1, -0.05) is 13.8 Å². The molecule has 0 aliphatic heterocycles. The van der Waals surface area contributed by atoms with Crippen molar-refractivity contribution in [2.75, 3.05) is 0 Å². The molecule has 2 nitrogen and oxygen atoms in total. The van der Waals surface area contributed by atoms with Gasteiger partial charge in [-0.25, -0.2) is 0 Å². The predicted molar refractivity (Wildman–Crippen MR) is 67.8 cm³/mol. The van der Waals surface area contributed by atoms with Crippen LogP contribution in [0, 0.1) is 0 Å². The molecule has 0 aromatic carbocycles. The van der Waals surface area contributed by atoms with Crippen LogP contribution < -0.4 is 0 Å². The van der Waals surface area contributed by atoms with Crippen molar-refractivity contribution in [3.63, 3.8) is 0 Å². The minimum atomic E-state index is -2.38. The van der Waals surface area contributed by atoms with Crippen LogP contribution in [0.25, 0.3) is 0 Å². The van der Waals surface area contributed by atoms with Gasteiger partial charge in [0.25, 0.3) is 0 Å². The topological polar surface area (TPSA) is 18.5 Å². The molecule has 0 radical (unpaired) electrons. The Balaban J connectivity index is 4.56. The molecule has 2 unspecified atom stereocenters. The average molecular weight is 228 g/mol. The number of hydrogen-bond donors (Lipinski definition) is 0. The molecular weight excluding hydrogens is 204 g/mol. The highest BCUT2D eigenvalue weighted by Gasteiger charge is 2.33. The Morgan fingerprint density at radius 2 is 1.33 bits per heavy atom. The third-order valence-corrected chi connectivity index (χ3v) is 5.17. The summed E-state index contributed by atoms with van der Waals surface area (Å²) in [4.78, 5) is 0. The van der Waals surface area contributed by atoms with Gasteiger partial charge in [-0.05, 0) is 38.1 Å². The SMILES string of the molecule is C=C[Si](C=C)(OC(C)CC)OC(C)CC. The third kappa shape index (κ3) is 4.78. The molecule has 0 aromatic heterocycles. The van der Waals surface area contributed by atoms with Crippen molar-refractivity contribution in [1.29, 1.82) is 0 Å². The fourth-order valence-corrected chi connectivity index (χ4v) is 3.30. The van der Waals surface area contributed by atoms with Gasteiger partial charge in [0.2, 0.25) is 0 Å². The zero-order valence-electron chi connectivity index (χ0n) is 10.5. The van der Waals surface area contributed by atoms with E-state index >= 15 is 0 Å². The Hall–Kier alpha value is -0.383. The average Bonchev–Trinajstić information content (AvgIpc) is 2.27. The Kier molecular flexibility index (Phi) is 6.81. The second-order valence-corrected chi connectivity index (χ2v) is 6.53. The van der Waals surface area contributed by atoms with E-state index in [1.54, 1.807) is 11.4 Å². The molecule has 0 amide bonds. The maximum Gasteiger partial charge on any atom is 0.391 e. The molecule has 0 fully saturated rings. The summed E-state index contributed by atoms with van der Waals surface area (Å²) in [5.41, 5.74) is 3.61. The first-order valence-corrected chi connectivity index (χ1v) is 7.63. The summed E-state index contributed by atoms with van der Waals surface area (Å²) < 4.78 is 11.9. The van der Waals surface area contributed by atoms with Crippen LogP contribution in [-0.4, -0.2) is 20.8 Å². The summed E-state index contributed by atoms with van der Waals surface area (Å²) in [6.45, 7) is 15.9. The quantitative estimate of drug-likeness (QED) is 0.592. The maximum absolute atomic E-state index is 5.94. The van der Waals surface area contributed by atoms with Crippen molar-refractivity contribution in [2.45, 2.75) is 52.7 Å². The highest BCUT2D eigenvalue weighted by molar-refractivity contribution is 6.77. The zero-order valence-corrected chi connectivity index (χ0v) is 11.5. The lowest BCUT2D eigenvalue weighted by atomic mass is 10.3. The van der Waals surface area contributed by atoms with Gasteiger partial charge in [-0.2, -0.15) is 0 Å². The molecule has 2 atom stereocenters. The number of hydrogen-bond acceptors (Lipinski definition) is 2. The summed E-state index contributed by atoms with van der Waals surface area (Å²) in [5, 5.41) is 0. The number of rotatable bonds is 8. The van der Waals surface area contributed by atoms with E-state index in [0.29, 0.717) is 0 Å². The van der Waals surface area contributed by atoms with Gasteiger partial charge in [0.05, 0.1) is 0 Å². The van der Waals surface area contributed by atoms with Crippen LogP contribution in [0.2, 0.25) is 0 Å². The van der Waals surface area contributed by atoms with Crippen LogP contribution in [0.15, 0.2) is 24.6 Å². The van der Waals surface area contributed by atoms with Crippen LogP contribution >= 0.6 is 0 Å². The fourth-order valence-electron chi connectivity index (χ4n) is 1.10. The van der Waals surface area contributed by atoms with E-state index in [0.717, 1.165) is 12.8 Å². The van der Waals surface area contributed by atoms with Crippen LogP contribution in [0.4, 0.5) is 0 Å². The summed E-state index contributed by atoms with van der Waals surface area (Å²) in [6.07, 6.45) is 2.33. The molecule has 88 valence electrons. The second kappa shape index (κ2) is 6.98. The van der Waals surface area contributed by atoms with Crippen molar-refractivity contribution < 1.29 is 8.85 Å². The Bertz CT molecular complexity index is 182. The highest BCUT2D eigenvalue weighted by Crippen LogP contribution is 2.17. The van der Waals surface area contributed by atoms with E-state index in [9.17, 15) is 0 Å². The van der Waals surface area contributed by atoms with Crippen molar-refractivity contribution in [1.82, 2.24) is 0 Å². The van der Waals surface area contributed by atoms with Gasteiger partial charge in [-0.3, -0.25) is 0 Å². The maximum atomic E-state index is 5.94.